The van der Waals surface area contributed by atoms with Crippen molar-refractivity contribution in [1.82, 2.24) is 9.97 Å². The Labute approximate surface area is 109 Å². The first-order chi connectivity index (χ1) is 9.24. The van der Waals surface area contributed by atoms with E-state index in [0.717, 1.165) is 17.7 Å². The lowest BCUT2D eigenvalue weighted by Gasteiger charge is -2.21. The van der Waals surface area contributed by atoms with Crippen LogP contribution in [-0.2, 0) is 0 Å². The van der Waals surface area contributed by atoms with Gasteiger partial charge in [-0.1, -0.05) is 12.2 Å². The fourth-order valence-corrected chi connectivity index (χ4v) is 2.18. The van der Waals surface area contributed by atoms with Gasteiger partial charge in [0.05, 0.1) is 5.69 Å². The number of aromatic carboxylic acids is 1. The van der Waals surface area contributed by atoms with Gasteiger partial charge in [-0.25, -0.2) is 14.8 Å². The Hall–Kier alpha value is -2.56. The number of nitrogens with zero attached hydrogens (tertiary/aromatic N) is 3. The molecule has 0 fully saturated rings. The van der Waals surface area contributed by atoms with E-state index >= 15 is 0 Å². The van der Waals surface area contributed by atoms with Crippen LogP contribution < -0.4 is 0 Å². The molecule has 1 aliphatic heterocycles. The van der Waals surface area contributed by atoms with Crippen LogP contribution in [0.25, 0.3) is 5.57 Å². The van der Waals surface area contributed by atoms with Crippen LogP contribution in [0.3, 0.4) is 0 Å². The van der Waals surface area contributed by atoms with Gasteiger partial charge in [0.2, 0.25) is 0 Å². The molecular formula is C14H11N3O2. The summed E-state index contributed by atoms with van der Waals surface area (Å²) in [5.74, 6) is -0.799. The minimum atomic E-state index is -1.04. The van der Waals surface area contributed by atoms with Crippen molar-refractivity contribution in [2.24, 2.45) is 10.9 Å². The maximum Gasteiger partial charge on any atom is 0.354 e. The maximum atomic E-state index is 10.9. The molecule has 1 aliphatic carbocycles. The maximum absolute atomic E-state index is 10.9. The Morgan fingerprint density at radius 1 is 1.32 bits per heavy atom. The zero-order chi connectivity index (χ0) is 13.2. The molecule has 2 heterocycles. The number of carboxylic acids is 1. The molecular weight excluding hydrogens is 242 g/mol. The van der Waals surface area contributed by atoms with Crippen LogP contribution in [0, 0.1) is 5.92 Å². The van der Waals surface area contributed by atoms with Crippen LogP contribution in [0.15, 0.2) is 47.4 Å². The summed E-state index contributed by atoms with van der Waals surface area (Å²) in [5, 5.41) is 8.94. The van der Waals surface area contributed by atoms with Crippen molar-refractivity contribution in [1.29, 1.82) is 0 Å². The Balaban J connectivity index is 1.95. The van der Waals surface area contributed by atoms with Crippen LogP contribution in [0.1, 0.15) is 22.6 Å². The molecule has 5 nitrogen and oxygen atoms in total. The number of aromatic nitrogens is 2. The summed E-state index contributed by atoms with van der Waals surface area (Å²) < 4.78 is 0. The van der Waals surface area contributed by atoms with Gasteiger partial charge in [-0.05, 0) is 30.2 Å². The second-order valence-corrected chi connectivity index (χ2v) is 4.35. The summed E-state index contributed by atoms with van der Waals surface area (Å²) in [6, 6.07) is 1.50. The monoisotopic (exact) mass is 253 g/mol. The average Bonchev–Trinajstić information content (AvgIpc) is 2.47. The first-order valence-electron chi connectivity index (χ1n) is 5.91. The molecule has 0 bridgehead atoms. The van der Waals surface area contributed by atoms with Crippen LogP contribution >= 0.6 is 0 Å². The third-order valence-electron chi connectivity index (χ3n) is 3.14. The number of allylic oxidation sites excluding steroid dienone is 5. The average molecular weight is 253 g/mol. The van der Waals surface area contributed by atoms with Gasteiger partial charge >= 0.3 is 5.97 Å². The predicted molar refractivity (Wildman–Crippen MR) is 70.8 cm³/mol. The summed E-state index contributed by atoms with van der Waals surface area (Å²) in [6.45, 7) is 0. The van der Waals surface area contributed by atoms with Gasteiger partial charge in [0.1, 0.15) is 6.33 Å². The van der Waals surface area contributed by atoms with Gasteiger partial charge in [-0.15, -0.1) is 0 Å². The number of hydrogen-bond donors (Lipinski definition) is 1. The van der Waals surface area contributed by atoms with Crippen molar-refractivity contribution in [3.63, 3.8) is 0 Å². The molecule has 0 radical (unpaired) electrons. The lowest BCUT2D eigenvalue weighted by molar-refractivity contribution is 0.0690. The van der Waals surface area contributed by atoms with E-state index in [1.54, 1.807) is 6.21 Å². The van der Waals surface area contributed by atoms with Crippen molar-refractivity contribution in [2.45, 2.75) is 6.42 Å². The van der Waals surface area contributed by atoms with E-state index in [1.165, 1.54) is 12.4 Å². The molecule has 94 valence electrons. The highest BCUT2D eigenvalue weighted by atomic mass is 16.4. The lowest BCUT2D eigenvalue weighted by atomic mass is 9.88. The molecule has 1 N–H and O–H groups in total. The normalized spacial score (nSPS) is 20.5. The van der Waals surface area contributed by atoms with E-state index in [0.29, 0.717) is 5.69 Å². The first kappa shape index (κ1) is 11.5. The molecule has 0 aromatic carbocycles. The van der Waals surface area contributed by atoms with Gasteiger partial charge in [-0.2, -0.15) is 0 Å². The fourth-order valence-electron chi connectivity index (χ4n) is 2.18. The van der Waals surface area contributed by atoms with E-state index in [2.05, 4.69) is 21.0 Å². The van der Waals surface area contributed by atoms with Gasteiger partial charge in [0.25, 0.3) is 0 Å². The second-order valence-electron chi connectivity index (χ2n) is 4.35. The molecule has 0 saturated heterocycles. The number of dihydropyridines is 1. The standard InChI is InChI=1S/C14H11N3O2/c18-14(19)13-7-12(16-8-17-13)10-3-4-11-9(6-10)2-1-5-15-11/h1-5,7-9H,6H2,(H,18,19). The molecule has 1 unspecified atom stereocenters. The quantitative estimate of drug-likeness (QED) is 0.875. The summed E-state index contributed by atoms with van der Waals surface area (Å²) in [6.07, 6.45) is 11.7. The summed E-state index contributed by atoms with van der Waals surface area (Å²) in [7, 11) is 0. The van der Waals surface area contributed by atoms with E-state index in [4.69, 9.17) is 5.11 Å². The summed E-state index contributed by atoms with van der Waals surface area (Å²) in [4.78, 5) is 23.1. The third kappa shape index (κ3) is 2.22. The number of carboxylic acid groups (broad SMARTS) is 1. The van der Waals surface area contributed by atoms with Crippen molar-refractivity contribution in [2.75, 3.05) is 0 Å². The van der Waals surface area contributed by atoms with E-state index < -0.39 is 5.97 Å². The molecule has 2 aliphatic rings. The highest BCUT2D eigenvalue weighted by Gasteiger charge is 2.20. The van der Waals surface area contributed by atoms with Gasteiger partial charge in [-0.3, -0.25) is 4.99 Å². The van der Waals surface area contributed by atoms with E-state index in [-0.39, 0.29) is 11.6 Å². The smallest absolute Gasteiger partial charge is 0.354 e. The molecule has 19 heavy (non-hydrogen) atoms. The molecule has 3 rings (SSSR count). The van der Waals surface area contributed by atoms with Crippen LogP contribution in [0.4, 0.5) is 0 Å². The Morgan fingerprint density at radius 2 is 2.21 bits per heavy atom. The molecule has 5 heteroatoms. The number of aliphatic imine (C=N–C) groups is 1. The van der Waals surface area contributed by atoms with Gasteiger partial charge < -0.3 is 5.11 Å². The van der Waals surface area contributed by atoms with Crippen molar-refractivity contribution in [3.05, 3.63) is 53.8 Å². The van der Waals surface area contributed by atoms with Crippen LogP contribution in [0.5, 0.6) is 0 Å². The SMILES string of the molecule is O=C(O)c1cc(C2=CC=C3N=CC=CC3C2)ncn1. The van der Waals surface area contributed by atoms with Crippen LogP contribution in [-0.4, -0.2) is 27.3 Å². The van der Waals surface area contributed by atoms with E-state index in [9.17, 15) is 4.79 Å². The summed E-state index contributed by atoms with van der Waals surface area (Å²) in [5.41, 5.74) is 2.70. The number of carbonyl (C=O) groups is 1. The number of hydrogen-bond acceptors (Lipinski definition) is 4. The molecule has 0 amide bonds. The Morgan fingerprint density at radius 3 is 3.05 bits per heavy atom. The fraction of sp³-hybridized carbons (Fsp3) is 0.143. The molecule has 0 saturated carbocycles. The molecule has 1 aromatic heterocycles. The third-order valence-corrected chi connectivity index (χ3v) is 3.14. The minimum Gasteiger partial charge on any atom is -0.477 e. The van der Waals surface area contributed by atoms with Gasteiger partial charge in [0.15, 0.2) is 5.69 Å². The topological polar surface area (TPSA) is 75.4 Å². The van der Waals surface area contributed by atoms with Gasteiger partial charge in [0, 0.05) is 17.8 Å². The van der Waals surface area contributed by atoms with E-state index in [1.807, 2.05) is 18.2 Å². The highest BCUT2D eigenvalue weighted by Crippen LogP contribution is 2.33. The zero-order valence-corrected chi connectivity index (χ0v) is 10.0. The Bertz CT molecular complexity index is 656. The largest absolute Gasteiger partial charge is 0.477 e. The summed E-state index contributed by atoms with van der Waals surface area (Å²) >= 11 is 0. The number of fused-ring (bicyclic) bond motifs is 1. The molecule has 0 spiro atoms. The van der Waals surface area contributed by atoms with Crippen molar-refractivity contribution < 1.29 is 9.90 Å². The minimum absolute atomic E-state index is 0.0119. The van der Waals surface area contributed by atoms with Crippen molar-refractivity contribution in [3.8, 4) is 0 Å². The zero-order valence-electron chi connectivity index (χ0n) is 10.0. The second kappa shape index (κ2) is 4.61. The Kier molecular flexibility index (Phi) is 2.79. The first-order valence-corrected chi connectivity index (χ1v) is 5.91. The molecule has 1 atom stereocenters. The number of rotatable bonds is 2. The lowest BCUT2D eigenvalue weighted by Crippen LogP contribution is -2.09. The molecule has 1 aromatic rings. The van der Waals surface area contributed by atoms with Crippen molar-refractivity contribution >= 4 is 17.8 Å². The highest BCUT2D eigenvalue weighted by molar-refractivity contribution is 5.86. The predicted octanol–water partition coefficient (Wildman–Crippen LogP) is 2.10. The van der Waals surface area contributed by atoms with Crippen LogP contribution in [0.2, 0.25) is 0 Å².